The molecule has 0 aromatic heterocycles. The molecular formula is C14H19NO4S. The molecule has 3 rings (SSSR count). The fraction of sp³-hybridized carbons (Fsp3) is 0.571. The molecule has 110 valence electrons. The Kier molecular flexibility index (Phi) is 3.81. The number of morpholine rings is 1. The van der Waals surface area contributed by atoms with Crippen LogP contribution in [0.1, 0.15) is 12.8 Å². The summed E-state index contributed by atoms with van der Waals surface area (Å²) in [7, 11) is -1.80. The van der Waals surface area contributed by atoms with Crippen LogP contribution in [-0.4, -0.2) is 51.2 Å². The number of ether oxygens (including phenoxy) is 2. The van der Waals surface area contributed by atoms with E-state index in [0.717, 1.165) is 12.8 Å². The van der Waals surface area contributed by atoms with Crippen LogP contribution in [0.15, 0.2) is 35.2 Å². The highest BCUT2D eigenvalue weighted by Gasteiger charge is 2.47. The highest BCUT2D eigenvalue weighted by molar-refractivity contribution is 7.89. The average molecular weight is 297 g/mol. The average Bonchev–Trinajstić information content (AvgIpc) is 2.91. The highest BCUT2D eigenvalue weighted by Crippen LogP contribution is 2.34. The van der Waals surface area contributed by atoms with E-state index in [0.29, 0.717) is 18.0 Å². The molecule has 1 aromatic rings. The molecule has 0 radical (unpaired) electrons. The summed E-state index contributed by atoms with van der Waals surface area (Å²) in [6, 6.07) is 8.48. The maximum Gasteiger partial charge on any atom is 0.243 e. The first-order chi connectivity index (χ1) is 9.64. The predicted molar refractivity (Wildman–Crippen MR) is 73.9 cm³/mol. The summed E-state index contributed by atoms with van der Waals surface area (Å²) in [5.41, 5.74) is 0. The molecule has 1 aromatic carbocycles. The minimum Gasteiger partial charge on any atom is -0.379 e. The maximum atomic E-state index is 12.8. The normalized spacial score (nSPS) is 31.1. The number of methoxy groups -OCH3 is 1. The third kappa shape index (κ3) is 2.26. The van der Waals surface area contributed by atoms with Crippen molar-refractivity contribution >= 4 is 10.0 Å². The second kappa shape index (κ2) is 5.44. The van der Waals surface area contributed by atoms with Crippen molar-refractivity contribution in [2.45, 2.75) is 36.0 Å². The summed E-state index contributed by atoms with van der Waals surface area (Å²) in [6.45, 7) is 0.835. The highest BCUT2D eigenvalue weighted by atomic mass is 32.2. The summed E-state index contributed by atoms with van der Waals surface area (Å²) < 4.78 is 38.2. The first kappa shape index (κ1) is 14.0. The molecule has 0 N–H and O–H groups in total. The van der Waals surface area contributed by atoms with E-state index >= 15 is 0 Å². The molecule has 20 heavy (non-hydrogen) atoms. The van der Waals surface area contributed by atoms with Gasteiger partial charge in [-0.1, -0.05) is 18.2 Å². The van der Waals surface area contributed by atoms with Crippen molar-refractivity contribution in [1.29, 1.82) is 0 Å². The van der Waals surface area contributed by atoms with Crippen molar-refractivity contribution in [2.75, 3.05) is 20.3 Å². The molecule has 0 amide bonds. The number of hydrogen-bond acceptors (Lipinski definition) is 4. The molecule has 6 heteroatoms. The SMILES string of the molecule is CO[C@@H]1CC[C@@H]2[C@@H]1OCCN2S(=O)(=O)c1ccccc1. The third-order valence-electron chi connectivity index (χ3n) is 4.14. The van der Waals surface area contributed by atoms with Gasteiger partial charge in [-0.3, -0.25) is 0 Å². The van der Waals surface area contributed by atoms with Crippen molar-refractivity contribution in [1.82, 2.24) is 4.31 Å². The number of sulfonamides is 1. The molecule has 1 saturated carbocycles. The van der Waals surface area contributed by atoms with E-state index in [1.165, 1.54) is 0 Å². The van der Waals surface area contributed by atoms with Crippen LogP contribution in [0.4, 0.5) is 0 Å². The Labute approximate surface area is 119 Å². The van der Waals surface area contributed by atoms with E-state index in [2.05, 4.69) is 0 Å². The minimum atomic E-state index is -3.45. The monoisotopic (exact) mass is 297 g/mol. The quantitative estimate of drug-likeness (QED) is 0.842. The van der Waals surface area contributed by atoms with Crippen molar-refractivity contribution in [3.8, 4) is 0 Å². The van der Waals surface area contributed by atoms with Gasteiger partial charge in [-0.2, -0.15) is 4.31 Å². The molecule has 1 aliphatic heterocycles. The van der Waals surface area contributed by atoms with Gasteiger partial charge in [0.25, 0.3) is 0 Å². The Hall–Kier alpha value is -0.950. The van der Waals surface area contributed by atoms with Gasteiger partial charge in [0.2, 0.25) is 10.0 Å². The number of fused-ring (bicyclic) bond motifs is 1. The predicted octanol–water partition coefficient (Wildman–Crippen LogP) is 1.25. The number of hydrogen-bond donors (Lipinski definition) is 0. The van der Waals surface area contributed by atoms with Crippen LogP contribution in [0.25, 0.3) is 0 Å². The van der Waals surface area contributed by atoms with Crippen molar-refractivity contribution in [3.63, 3.8) is 0 Å². The molecule has 2 fully saturated rings. The van der Waals surface area contributed by atoms with Gasteiger partial charge in [-0.15, -0.1) is 0 Å². The van der Waals surface area contributed by atoms with Gasteiger partial charge >= 0.3 is 0 Å². The van der Waals surface area contributed by atoms with Crippen LogP contribution in [-0.2, 0) is 19.5 Å². The molecule has 0 bridgehead atoms. The Morgan fingerprint density at radius 2 is 2.00 bits per heavy atom. The summed E-state index contributed by atoms with van der Waals surface area (Å²) in [5, 5.41) is 0. The van der Waals surface area contributed by atoms with Gasteiger partial charge in [0.05, 0.1) is 23.6 Å². The summed E-state index contributed by atoms with van der Waals surface area (Å²) in [6.07, 6.45) is 1.48. The minimum absolute atomic E-state index is 0.00577. The van der Waals surface area contributed by atoms with Gasteiger partial charge in [0.1, 0.15) is 6.10 Å². The third-order valence-corrected chi connectivity index (χ3v) is 6.08. The molecule has 0 unspecified atom stereocenters. The smallest absolute Gasteiger partial charge is 0.243 e. The van der Waals surface area contributed by atoms with E-state index in [1.807, 2.05) is 6.07 Å². The van der Waals surface area contributed by atoms with Gasteiger partial charge in [0, 0.05) is 13.7 Å². The number of rotatable bonds is 3. The zero-order chi connectivity index (χ0) is 14.2. The fourth-order valence-electron chi connectivity index (χ4n) is 3.16. The molecule has 1 aliphatic carbocycles. The van der Waals surface area contributed by atoms with Crippen LogP contribution < -0.4 is 0 Å². The zero-order valence-corrected chi connectivity index (χ0v) is 12.3. The number of benzene rings is 1. The Bertz CT molecular complexity index is 560. The summed E-state index contributed by atoms with van der Waals surface area (Å²) in [5.74, 6) is 0. The van der Waals surface area contributed by atoms with E-state index < -0.39 is 10.0 Å². The van der Waals surface area contributed by atoms with E-state index in [-0.39, 0.29) is 18.2 Å². The van der Waals surface area contributed by atoms with Crippen LogP contribution in [0, 0.1) is 0 Å². The van der Waals surface area contributed by atoms with E-state index in [9.17, 15) is 8.42 Å². The van der Waals surface area contributed by atoms with Crippen molar-refractivity contribution in [2.24, 2.45) is 0 Å². The van der Waals surface area contributed by atoms with Gasteiger partial charge in [-0.05, 0) is 25.0 Å². The first-order valence-electron chi connectivity index (χ1n) is 6.86. The van der Waals surface area contributed by atoms with Crippen LogP contribution in [0.5, 0.6) is 0 Å². The van der Waals surface area contributed by atoms with Crippen LogP contribution in [0.2, 0.25) is 0 Å². The second-order valence-corrected chi connectivity index (χ2v) is 7.07. The lowest BCUT2D eigenvalue weighted by Crippen LogP contribution is -2.53. The Morgan fingerprint density at radius 1 is 1.25 bits per heavy atom. The largest absolute Gasteiger partial charge is 0.379 e. The fourth-order valence-corrected chi connectivity index (χ4v) is 4.83. The van der Waals surface area contributed by atoms with Crippen molar-refractivity contribution < 1.29 is 17.9 Å². The van der Waals surface area contributed by atoms with Crippen LogP contribution >= 0.6 is 0 Å². The van der Waals surface area contributed by atoms with Crippen LogP contribution in [0.3, 0.4) is 0 Å². The lowest BCUT2D eigenvalue weighted by atomic mass is 10.2. The standard InChI is InChI=1S/C14H19NO4S/c1-18-13-8-7-12-14(13)19-10-9-15(12)20(16,17)11-5-3-2-4-6-11/h2-6,12-14H,7-10H2,1H3/t12-,13-,14+/m1/s1. The molecule has 1 heterocycles. The zero-order valence-electron chi connectivity index (χ0n) is 11.4. The molecular weight excluding hydrogens is 278 g/mol. The number of nitrogens with zero attached hydrogens (tertiary/aromatic N) is 1. The first-order valence-corrected chi connectivity index (χ1v) is 8.30. The van der Waals surface area contributed by atoms with E-state index in [1.54, 1.807) is 35.7 Å². The molecule has 1 saturated heterocycles. The molecule has 3 atom stereocenters. The van der Waals surface area contributed by atoms with Gasteiger partial charge < -0.3 is 9.47 Å². The van der Waals surface area contributed by atoms with Gasteiger partial charge in [-0.25, -0.2) is 8.42 Å². The van der Waals surface area contributed by atoms with Gasteiger partial charge in [0.15, 0.2) is 0 Å². The Balaban J connectivity index is 1.90. The van der Waals surface area contributed by atoms with E-state index in [4.69, 9.17) is 9.47 Å². The maximum absolute atomic E-state index is 12.8. The lowest BCUT2D eigenvalue weighted by Gasteiger charge is -2.37. The molecule has 0 spiro atoms. The molecule has 2 aliphatic rings. The topological polar surface area (TPSA) is 55.8 Å². The molecule has 5 nitrogen and oxygen atoms in total. The summed E-state index contributed by atoms with van der Waals surface area (Å²) >= 11 is 0. The lowest BCUT2D eigenvalue weighted by molar-refractivity contribution is -0.0848. The second-order valence-electron chi connectivity index (χ2n) is 5.18. The van der Waals surface area contributed by atoms with Crippen molar-refractivity contribution in [3.05, 3.63) is 30.3 Å². The Morgan fingerprint density at radius 3 is 2.70 bits per heavy atom. The summed E-state index contributed by atoms with van der Waals surface area (Å²) in [4.78, 5) is 0.349.